The number of nitriles is 1. The molecule has 0 fully saturated rings. The van der Waals surface area contributed by atoms with E-state index in [1.165, 1.54) is 18.3 Å². The van der Waals surface area contributed by atoms with Gasteiger partial charge in [0.25, 0.3) is 22.0 Å². The average molecular weight is 432 g/mol. The highest BCUT2D eigenvalue weighted by molar-refractivity contribution is 5.46. The molecule has 0 spiro atoms. The Bertz CT molecular complexity index is 1120. The van der Waals surface area contributed by atoms with Gasteiger partial charge in [-0.1, -0.05) is 0 Å². The molecule has 13 heteroatoms. The van der Waals surface area contributed by atoms with E-state index >= 15 is 0 Å². The third kappa shape index (κ3) is 4.23. The highest BCUT2D eigenvalue weighted by Crippen LogP contribution is 2.41. The largest absolute Gasteiger partial charge is 0.485 e. The molecule has 2 unspecified atom stereocenters. The van der Waals surface area contributed by atoms with Gasteiger partial charge in [0.05, 0.1) is 17.7 Å². The van der Waals surface area contributed by atoms with Crippen LogP contribution in [0, 0.1) is 31.6 Å². The lowest BCUT2D eigenvalue weighted by Crippen LogP contribution is -2.52. The zero-order valence-electron chi connectivity index (χ0n) is 16.2. The molecular weight excluding hydrogens is 416 g/mol. The van der Waals surface area contributed by atoms with Gasteiger partial charge in [0.15, 0.2) is 0 Å². The van der Waals surface area contributed by atoms with Crippen molar-refractivity contribution in [1.29, 1.82) is 5.26 Å². The summed E-state index contributed by atoms with van der Waals surface area (Å²) in [6.07, 6.45) is -2.10. The molecule has 0 amide bonds. The maximum Gasteiger partial charge on any atom is 0.297 e. The number of hydrogen-bond donors (Lipinski definition) is 1. The molecule has 1 aliphatic rings. The molecule has 13 nitrogen and oxygen atoms in total. The summed E-state index contributed by atoms with van der Waals surface area (Å²) in [4.78, 5) is 42.3. The fraction of sp³-hybridized carbons (Fsp3) is 0.333. The normalized spacial score (nSPS) is 18.9. The van der Waals surface area contributed by atoms with Crippen LogP contribution in [0.5, 0.6) is 5.75 Å². The van der Waals surface area contributed by atoms with Gasteiger partial charge < -0.3 is 14.4 Å². The first-order chi connectivity index (χ1) is 14.5. The Hall–Kier alpha value is -4.18. The first kappa shape index (κ1) is 21.5. The van der Waals surface area contributed by atoms with Crippen LogP contribution >= 0.6 is 0 Å². The lowest BCUT2D eigenvalue weighted by Gasteiger charge is -2.42. The minimum Gasteiger partial charge on any atom is -0.485 e. The van der Waals surface area contributed by atoms with Crippen LogP contribution in [-0.2, 0) is 9.68 Å². The Morgan fingerprint density at radius 3 is 2.42 bits per heavy atom. The minimum absolute atomic E-state index is 0.276. The highest BCUT2D eigenvalue weighted by atomic mass is 17.0. The van der Waals surface area contributed by atoms with E-state index in [9.17, 15) is 35.4 Å². The van der Waals surface area contributed by atoms with E-state index < -0.39 is 39.8 Å². The van der Waals surface area contributed by atoms with Crippen molar-refractivity contribution in [1.82, 2.24) is 4.57 Å². The molecule has 3 rings (SSSR count). The molecule has 162 valence electrons. The van der Waals surface area contributed by atoms with E-state index in [0.717, 1.165) is 16.7 Å². The lowest BCUT2D eigenvalue weighted by atomic mass is 9.85. The summed E-state index contributed by atoms with van der Waals surface area (Å²) in [5.41, 5.74) is -1.48. The van der Waals surface area contributed by atoms with Crippen molar-refractivity contribution in [2.45, 2.75) is 37.9 Å². The number of hydrogen-bond acceptors (Lipinski definition) is 10. The summed E-state index contributed by atoms with van der Waals surface area (Å²) in [7, 11) is 0. The van der Waals surface area contributed by atoms with Gasteiger partial charge in [-0.3, -0.25) is 14.5 Å². The summed E-state index contributed by atoms with van der Waals surface area (Å²) in [5, 5.41) is 38.7. The second-order valence-electron chi connectivity index (χ2n) is 7.16. The van der Waals surface area contributed by atoms with Crippen LogP contribution in [0.4, 0.5) is 0 Å². The van der Waals surface area contributed by atoms with Crippen molar-refractivity contribution < 1.29 is 29.7 Å². The minimum atomic E-state index is -2.07. The molecule has 1 aromatic heterocycles. The molecular formula is C18H16N4O9. The maximum absolute atomic E-state index is 12.8. The third-order valence-electron chi connectivity index (χ3n) is 4.75. The van der Waals surface area contributed by atoms with E-state index in [2.05, 4.69) is 9.68 Å². The Morgan fingerprint density at radius 2 is 1.87 bits per heavy atom. The number of nitrogens with zero attached hydrogens (tertiary/aromatic N) is 4. The number of aliphatic hydroxyl groups is 1. The van der Waals surface area contributed by atoms with Gasteiger partial charge in [-0.15, -0.1) is 20.2 Å². The zero-order chi connectivity index (χ0) is 22.9. The third-order valence-corrected chi connectivity index (χ3v) is 4.75. The Labute approximate surface area is 173 Å². The zero-order valence-corrected chi connectivity index (χ0v) is 16.2. The SMILES string of the molecule is CC1(C)Oc2ccc(C#N)cc2C(n2ccc(C(O[N+](=O)[O-])O[N+](=O)[O-])cc2=O)C1O. The molecule has 0 saturated carbocycles. The Balaban J connectivity index is 2.10. The summed E-state index contributed by atoms with van der Waals surface area (Å²) >= 11 is 0. The van der Waals surface area contributed by atoms with E-state index in [1.54, 1.807) is 19.9 Å². The van der Waals surface area contributed by atoms with Crippen LogP contribution in [0.1, 0.15) is 42.9 Å². The fourth-order valence-corrected chi connectivity index (χ4v) is 3.32. The second-order valence-corrected chi connectivity index (χ2v) is 7.16. The molecule has 2 heterocycles. The average Bonchev–Trinajstić information content (AvgIpc) is 2.68. The lowest BCUT2D eigenvalue weighted by molar-refractivity contribution is -0.855. The molecule has 0 aliphatic carbocycles. The molecule has 0 bridgehead atoms. The molecule has 2 aromatic rings. The van der Waals surface area contributed by atoms with Crippen LogP contribution in [-0.4, -0.2) is 31.6 Å². The topological polar surface area (TPSA) is 180 Å². The number of ether oxygens (including phenoxy) is 1. The first-order valence-corrected chi connectivity index (χ1v) is 8.79. The molecule has 1 aliphatic heterocycles. The van der Waals surface area contributed by atoms with E-state index in [0.29, 0.717) is 11.3 Å². The van der Waals surface area contributed by atoms with Gasteiger partial charge in [0.1, 0.15) is 17.5 Å². The quantitative estimate of drug-likeness (QED) is 0.396. The number of fused-ring (bicyclic) bond motifs is 1. The Morgan fingerprint density at radius 1 is 1.23 bits per heavy atom. The van der Waals surface area contributed by atoms with Crippen LogP contribution < -0.4 is 10.3 Å². The van der Waals surface area contributed by atoms with Crippen LogP contribution in [0.2, 0.25) is 0 Å². The molecule has 2 atom stereocenters. The number of pyridine rings is 1. The van der Waals surface area contributed by atoms with Crippen molar-refractivity contribution >= 4 is 0 Å². The van der Waals surface area contributed by atoms with Gasteiger partial charge in [-0.25, -0.2) is 0 Å². The fourth-order valence-electron chi connectivity index (χ4n) is 3.32. The molecule has 0 saturated heterocycles. The molecule has 0 radical (unpaired) electrons. The van der Waals surface area contributed by atoms with Gasteiger partial charge in [-0.2, -0.15) is 5.26 Å². The van der Waals surface area contributed by atoms with Crippen molar-refractivity contribution in [2.75, 3.05) is 0 Å². The van der Waals surface area contributed by atoms with Crippen molar-refractivity contribution in [3.05, 3.63) is 83.8 Å². The molecule has 1 aromatic carbocycles. The molecule has 1 N–H and O–H groups in total. The predicted molar refractivity (Wildman–Crippen MR) is 99.6 cm³/mol. The van der Waals surface area contributed by atoms with E-state index in [-0.39, 0.29) is 11.1 Å². The summed E-state index contributed by atoms with van der Waals surface area (Å²) in [6, 6.07) is 7.59. The number of rotatable bonds is 6. The van der Waals surface area contributed by atoms with Gasteiger partial charge in [-0.05, 0) is 38.1 Å². The maximum atomic E-state index is 12.8. The first-order valence-electron chi connectivity index (χ1n) is 8.79. The van der Waals surface area contributed by atoms with Gasteiger partial charge in [0.2, 0.25) is 0 Å². The summed E-state index contributed by atoms with van der Waals surface area (Å²) < 4.78 is 6.94. The predicted octanol–water partition coefficient (Wildman–Crippen LogP) is 1.26. The van der Waals surface area contributed by atoms with Crippen molar-refractivity contribution in [2.24, 2.45) is 0 Å². The molecule has 31 heavy (non-hydrogen) atoms. The standard InChI is InChI=1S/C18H16N4O9/c1-18(2)16(24)15(12-7-10(9-19)3-4-13(12)29-18)20-6-5-11(8-14(20)23)17(30-21(25)26)31-22(27)28/h3-8,15-17,24H,1-2H3. The van der Waals surface area contributed by atoms with E-state index in [1.807, 2.05) is 6.07 Å². The number of aliphatic hydroxyl groups excluding tert-OH is 1. The monoisotopic (exact) mass is 432 g/mol. The van der Waals surface area contributed by atoms with Crippen molar-refractivity contribution in [3.63, 3.8) is 0 Å². The second kappa shape index (κ2) is 7.92. The number of benzene rings is 1. The Kier molecular flexibility index (Phi) is 5.50. The van der Waals surface area contributed by atoms with Gasteiger partial charge in [0, 0.05) is 23.4 Å². The van der Waals surface area contributed by atoms with Gasteiger partial charge >= 0.3 is 0 Å². The summed E-state index contributed by atoms with van der Waals surface area (Å²) in [6.45, 7) is 3.24. The number of aromatic nitrogens is 1. The van der Waals surface area contributed by atoms with Crippen LogP contribution in [0.25, 0.3) is 0 Å². The smallest absolute Gasteiger partial charge is 0.297 e. The highest BCUT2D eigenvalue weighted by Gasteiger charge is 2.44. The van der Waals surface area contributed by atoms with Crippen LogP contribution in [0.15, 0.2) is 41.3 Å². The van der Waals surface area contributed by atoms with E-state index in [4.69, 9.17) is 4.74 Å². The van der Waals surface area contributed by atoms with Crippen molar-refractivity contribution in [3.8, 4) is 11.8 Å². The van der Waals surface area contributed by atoms with Crippen LogP contribution in [0.3, 0.4) is 0 Å². The summed E-state index contributed by atoms with van der Waals surface area (Å²) in [5.74, 6) is 0.363.